The van der Waals surface area contributed by atoms with Crippen molar-refractivity contribution in [3.8, 4) is 5.75 Å². The fraction of sp³-hybridized carbons (Fsp3) is 0.190. The second kappa shape index (κ2) is 6.70. The fourth-order valence-corrected chi connectivity index (χ4v) is 4.42. The quantitative estimate of drug-likeness (QED) is 0.646. The van der Waals surface area contributed by atoms with Gasteiger partial charge in [-0.3, -0.25) is 4.79 Å². The minimum atomic E-state index is -3.96. The summed E-state index contributed by atoms with van der Waals surface area (Å²) in [6.45, 7) is 2.17. The summed E-state index contributed by atoms with van der Waals surface area (Å²) < 4.78 is 30.8. The molecule has 138 valence electrons. The lowest BCUT2D eigenvalue weighted by Crippen LogP contribution is -2.33. The van der Waals surface area contributed by atoms with Gasteiger partial charge in [0.1, 0.15) is 10.6 Å². The van der Waals surface area contributed by atoms with Gasteiger partial charge in [0.2, 0.25) is 5.91 Å². The number of aryl methyl sites for hydroxylation is 1. The molecule has 0 spiro atoms. The lowest BCUT2D eigenvalue weighted by Gasteiger charge is -2.28. The molecule has 1 amide bonds. The Hall–Kier alpha value is -2.86. The Balaban J connectivity index is 1.66. The molecule has 1 aliphatic heterocycles. The highest BCUT2D eigenvalue weighted by molar-refractivity contribution is 7.87. The monoisotopic (exact) mass is 381 g/mol. The van der Waals surface area contributed by atoms with Gasteiger partial charge in [0.05, 0.1) is 0 Å². The number of fused-ring (bicyclic) bond motifs is 2. The molecule has 5 nitrogen and oxygen atoms in total. The minimum absolute atomic E-state index is 0.0426. The van der Waals surface area contributed by atoms with Crippen LogP contribution >= 0.6 is 0 Å². The van der Waals surface area contributed by atoms with Gasteiger partial charge in [-0.05, 0) is 59.5 Å². The topological polar surface area (TPSA) is 63.7 Å². The van der Waals surface area contributed by atoms with E-state index in [1.54, 1.807) is 29.2 Å². The first kappa shape index (κ1) is 17.5. The number of hydrogen-bond acceptors (Lipinski definition) is 4. The number of anilines is 1. The predicted molar refractivity (Wildman–Crippen MR) is 105 cm³/mol. The summed E-state index contributed by atoms with van der Waals surface area (Å²) in [6.07, 6.45) is 1.54. The van der Waals surface area contributed by atoms with Crippen LogP contribution in [0.3, 0.4) is 0 Å². The van der Waals surface area contributed by atoms with Gasteiger partial charge in [-0.25, -0.2) is 0 Å². The highest BCUT2D eigenvalue weighted by atomic mass is 32.2. The zero-order valence-electron chi connectivity index (χ0n) is 14.9. The van der Waals surface area contributed by atoms with Gasteiger partial charge >= 0.3 is 10.1 Å². The molecular formula is C21H19NO4S. The zero-order chi connectivity index (χ0) is 19.0. The number of carbonyl (C=O) groups excluding carboxylic acids is 1. The van der Waals surface area contributed by atoms with Crippen molar-refractivity contribution in [3.63, 3.8) is 0 Å². The van der Waals surface area contributed by atoms with Crippen molar-refractivity contribution in [3.05, 3.63) is 66.2 Å². The number of benzene rings is 3. The first-order valence-electron chi connectivity index (χ1n) is 8.78. The van der Waals surface area contributed by atoms with E-state index in [-0.39, 0.29) is 16.6 Å². The van der Waals surface area contributed by atoms with E-state index in [1.165, 1.54) is 13.0 Å². The van der Waals surface area contributed by atoms with Crippen LogP contribution in [0.25, 0.3) is 10.8 Å². The van der Waals surface area contributed by atoms with Crippen LogP contribution in [-0.4, -0.2) is 20.9 Å². The molecule has 27 heavy (non-hydrogen) atoms. The lowest BCUT2D eigenvalue weighted by molar-refractivity contribution is -0.116. The molecule has 1 aliphatic rings. The van der Waals surface area contributed by atoms with Crippen LogP contribution in [0, 0.1) is 0 Å². The summed E-state index contributed by atoms with van der Waals surface area (Å²) >= 11 is 0. The van der Waals surface area contributed by atoms with Gasteiger partial charge in [-0.15, -0.1) is 0 Å². The van der Waals surface area contributed by atoms with Gasteiger partial charge in [0.25, 0.3) is 0 Å². The lowest BCUT2D eigenvalue weighted by atomic mass is 10.0. The van der Waals surface area contributed by atoms with Crippen LogP contribution in [0.1, 0.15) is 18.9 Å². The summed E-state index contributed by atoms with van der Waals surface area (Å²) in [4.78, 5) is 13.6. The van der Waals surface area contributed by atoms with Crippen LogP contribution in [0.2, 0.25) is 0 Å². The van der Waals surface area contributed by atoms with Crippen LogP contribution < -0.4 is 9.08 Å². The van der Waals surface area contributed by atoms with E-state index in [0.29, 0.717) is 6.54 Å². The molecule has 0 saturated carbocycles. The van der Waals surface area contributed by atoms with Gasteiger partial charge in [0, 0.05) is 19.2 Å². The van der Waals surface area contributed by atoms with Gasteiger partial charge in [-0.1, -0.05) is 30.3 Å². The average molecular weight is 381 g/mol. The maximum atomic E-state index is 12.7. The van der Waals surface area contributed by atoms with E-state index in [9.17, 15) is 13.2 Å². The summed E-state index contributed by atoms with van der Waals surface area (Å²) in [5, 5.41) is 1.92. The maximum Gasteiger partial charge on any atom is 0.339 e. The number of nitrogens with zero attached hydrogens (tertiary/aromatic N) is 1. The SMILES string of the molecule is CC(=O)N1CCCc2cc(S(=O)(=O)Oc3ccc4ccccc4c3)ccc21. The standard InChI is InChI=1S/C21H19NO4S/c1-15(23)22-12-4-7-18-14-20(10-11-21(18)22)27(24,25)26-19-9-8-16-5-2-3-6-17(16)13-19/h2-3,5-6,8-11,13-14H,4,7,12H2,1H3. The van der Waals surface area contributed by atoms with E-state index >= 15 is 0 Å². The molecule has 0 radical (unpaired) electrons. The predicted octanol–water partition coefficient (Wildman–Crippen LogP) is 3.91. The van der Waals surface area contributed by atoms with E-state index in [1.807, 2.05) is 30.3 Å². The first-order chi connectivity index (χ1) is 12.9. The first-order valence-corrected chi connectivity index (χ1v) is 10.2. The molecule has 0 atom stereocenters. The Morgan fingerprint density at radius 1 is 1.00 bits per heavy atom. The molecule has 0 N–H and O–H groups in total. The highest BCUT2D eigenvalue weighted by Gasteiger charge is 2.24. The molecule has 0 aliphatic carbocycles. The molecular weight excluding hydrogens is 362 g/mol. The Morgan fingerprint density at radius 2 is 1.78 bits per heavy atom. The minimum Gasteiger partial charge on any atom is -0.379 e. The number of amides is 1. The molecule has 0 fully saturated rings. The summed E-state index contributed by atoms with van der Waals surface area (Å²) in [5.74, 6) is 0.232. The van der Waals surface area contributed by atoms with Crippen molar-refractivity contribution in [2.45, 2.75) is 24.7 Å². The fourth-order valence-electron chi connectivity index (χ4n) is 3.45. The Kier molecular flexibility index (Phi) is 4.36. The summed E-state index contributed by atoms with van der Waals surface area (Å²) in [5.41, 5.74) is 1.62. The molecule has 4 rings (SSSR count). The summed E-state index contributed by atoms with van der Waals surface area (Å²) in [7, 11) is -3.96. The molecule has 3 aromatic rings. The second-order valence-electron chi connectivity index (χ2n) is 6.61. The molecule has 1 heterocycles. The van der Waals surface area contributed by atoms with Crippen molar-refractivity contribution >= 4 is 32.5 Å². The Labute approximate surface area is 158 Å². The third-order valence-corrected chi connectivity index (χ3v) is 6.01. The maximum absolute atomic E-state index is 12.7. The van der Waals surface area contributed by atoms with Crippen molar-refractivity contribution in [1.29, 1.82) is 0 Å². The molecule has 0 aromatic heterocycles. The van der Waals surface area contributed by atoms with Crippen LogP contribution in [0.4, 0.5) is 5.69 Å². The Morgan fingerprint density at radius 3 is 2.56 bits per heavy atom. The smallest absolute Gasteiger partial charge is 0.339 e. The third-order valence-electron chi connectivity index (χ3n) is 4.77. The van der Waals surface area contributed by atoms with Crippen LogP contribution in [-0.2, 0) is 21.3 Å². The number of carbonyl (C=O) groups is 1. The normalized spacial score (nSPS) is 14.0. The van der Waals surface area contributed by atoms with E-state index in [4.69, 9.17) is 4.18 Å². The number of rotatable bonds is 3. The zero-order valence-corrected chi connectivity index (χ0v) is 15.7. The van der Waals surface area contributed by atoms with Crippen molar-refractivity contribution in [2.75, 3.05) is 11.4 Å². The van der Waals surface area contributed by atoms with Crippen molar-refractivity contribution in [2.24, 2.45) is 0 Å². The van der Waals surface area contributed by atoms with Crippen LogP contribution in [0.5, 0.6) is 5.75 Å². The third kappa shape index (κ3) is 3.40. The molecule has 3 aromatic carbocycles. The molecule has 0 unspecified atom stereocenters. The van der Waals surface area contributed by atoms with Crippen molar-refractivity contribution < 1.29 is 17.4 Å². The van der Waals surface area contributed by atoms with E-state index in [0.717, 1.165) is 34.9 Å². The Bertz CT molecular complexity index is 1140. The van der Waals surface area contributed by atoms with Gasteiger partial charge in [0.15, 0.2) is 0 Å². The van der Waals surface area contributed by atoms with Crippen molar-refractivity contribution in [1.82, 2.24) is 0 Å². The van der Waals surface area contributed by atoms with Gasteiger partial charge in [-0.2, -0.15) is 8.42 Å². The van der Waals surface area contributed by atoms with Crippen LogP contribution in [0.15, 0.2) is 65.6 Å². The largest absolute Gasteiger partial charge is 0.379 e. The van der Waals surface area contributed by atoms with E-state index < -0.39 is 10.1 Å². The number of hydrogen-bond donors (Lipinski definition) is 0. The van der Waals surface area contributed by atoms with E-state index in [2.05, 4.69) is 0 Å². The molecule has 0 saturated heterocycles. The highest BCUT2D eigenvalue weighted by Crippen LogP contribution is 2.31. The average Bonchev–Trinajstić information content (AvgIpc) is 2.66. The van der Waals surface area contributed by atoms with Gasteiger partial charge < -0.3 is 9.08 Å². The second-order valence-corrected chi connectivity index (χ2v) is 8.16. The molecule has 0 bridgehead atoms. The molecule has 6 heteroatoms. The summed E-state index contributed by atoms with van der Waals surface area (Å²) in [6, 6.07) is 17.7.